The first-order valence-corrected chi connectivity index (χ1v) is 36.6. The number of unbranched alkanes of at least 4 members (excludes halogenated alkanes) is 1. The molecule has 0 spiro atoms. The molecule has 13 N–H and O–H groups in total. The van der Waals surface area contributed by atoms with E-state index in [4.69, 9.17) is 52.1 Å². The Morgan fingerprint density at radius 3 is 1.47 bits per heavy atom. The fraction of sp³-hybridized carbons (Fsp3) is 0.898. The van der Waals surface area contributed by atoms with Gasteiger partial charge in [-0.3, -0.25) is 35.9 Å². The maximum Gasteiger partial charge on any atom is 1.00 e. The zero-order valence-corrected chi connectivity index (χ0v) is 68.5. The Morgan fingerprint density at radius 1 is 0.495 bits per heavy atom. The fourth-order valence-electron chi connectivity index (χ4n) is 10.8. The maximum absolute atomic E-state index is 12.7. The molecule has 6 saturated heterocycles. The molecule has 6 rings (SSSR count). The first kappa shape index (κ1) is 99.3. The molecule has 574 valence electrons. The standard InChI is InChI=1S/C49H84N6O39S5.4Na/c1-22(56)52-33-37(62)42(27(18-86-98(74,75)76)90-45(33)83-10-5-8-50-31(59)20-82-15-14-81-13-12-80-11-9-51-30(58)7-4-3-6-29-32-24(21-95-29)54-49(67)55-32)93-48-41(66)44(36(61)26(89-48)17-85-97(71,72)73)94-46-34(53-23(2)57)38(63)43(28(91-46)19-87-99(77,78)79)92-47-40(65)39(64)35(60)25(88-47)16-84-96(68,69)70;;;;/h24-29,32-48,60-66H,3-21H2,1-2H3,(H,50,59)(H,51,58)(H,52,56)(H,53,57)(H2,54,55,67)(H,68,69,70)(H,71,72,73)(H,74,75,76)(H,77,78,79);;;;/q;4*+1/p-4. The number of rotatable bonds is 41. The molecule has 6 heterocycles. The van der Waals surface area contributed by atoms with Crippen LogP contribution >= 0.6 is 11.8 Å². The van der Waals surface area contributed by atoms with Gasteiger partial charge in [-0.15, -0.1) is 0 Å². The SMILES string of the molecule is CC(=O)NC1C(OC2C(O)C(COS(=O)(=O)[O-])OC(OC3C(COS(=O)(=O)[O-])OC(OCCCNC(=O)COCCOCCOCCNC(=O)CCCCC4SCC5NC(=O)NC54)C(NC(C)=O)C3O)C2O)OC(COS(=O)(=O)[O-])C(OC2OC(COS(=O)(=O)[O-])C(O)C(O)C2O)C1O.[Na+].[Na+].[Na+].[Na+]. The van der Waals surface area contributed by atoms with E-state index in [1.807, 2.05) is 11.8 Å². The second-order valence-electron chi connectivity index (χ2n) is 22.7. The van der Waals surface area contributed by atoms with Crippen LogP contribution < -0.4 is 150 Å². The molecule has 6 fully saturated rings. The van der Waals surface area contributed by atoms with E-state index in [0.717, 1.165) is 32.4 Å². The van der Waals surface area contributed by atoms with Crippen molar-refractivity contribution in [3.8, 4) is 0 Å². The van der Waals surface area contributed by atoms with Crippen LogP contribution in [0.25, 0.3) is 0 Å². The van der Waals surface area contributed by atoms with Crippen LogP contribution in [0, 0.1) is 0 Å². The van der Waals surface area contributed by atoms with Crippen molar-refractivity contribution in [3.63, 3.8) is 0 Å². The van der Waals surface area contributed by atoms with E-state index in [1.165, 1.54) is 0 Å². The molecule has 6 aliphatic heterocycles. The van der Waals surface area contributed by atoms with Crippen LogP contribution in [-0.2, 0) is 130 Å². The van der Waals surface area contributed by atoms with E-state index >= 15 is 0 Å². The van der Waals surface area contributed by atoms with Gasteiger partial charge in [-0.25, -0.2) is 38.5 Å². The van der Waals surface area contributed by atoms with Crippen molar-refractivity contribution in [2.75, 3.05) is 91.5 Å². The summed E-state index contributed by atoms with van der Waals surface area (Å²) in [7, 11) is -22.6. The molecule has 0 aliphatic carbocycles. The number of carbonyl (C=O) groups excluding carboxylic acids is 5. The number of fused-ring (bicyclic) bond motifs is 1. The number of aliphatic hydroxyl groups excluding tert-OH is 7. The molecule has 0 bridgehead atoms. The number of carbonyl (C=O) groups is 5. The summed E-state index contributed by atoms with van der Waals surface area (Å²) in [6, 6.07) is -3.82. The van der Waals surface area contributed by atoms with Gasteiger partial charge in [0.25, 0.3) is 0 Å². The minimum absolute atomic E-state index is 0. The van der Waals surface area contributed by atoms with Gasteiger partial charge in [0.15, 0.2) is 25.2 Å². The minimum atomic E-state index is -5.75. The Morgan fingerprint density at radius 2 is 0.942 bits per heavy atom. The van der Waals surface area contributed by atoms with Crippen LogP contribution in [0.4, 0.5) is 4.79 Å². The molecular formula is C49H80N6Na4O39S5. The molecule has 6 aliphatic rings. The third-order valence-corrected chi connectivity index (χ3v) is 18.5. The van der Waals surface area contributed by atoms with Gasteiger partial charge in [-0.1, -0.05) is 6.42 Å². The van der Waals surface area contributed by atoms with Gasteiger partial charge in [0.2, 0.25) is 65.2 Å². The van der Waals surface area contributed by atoms with Gasteiger partial charge in [0.1, 0.15) is 104 Å². The average Bonchev–Trinajstić information content (AvgIpc) is 1.65. The number of nitrogens with one attached hydrogen (secondary N) is 6. The van der Waals surface area contributed by atoms with Gasteiger partial charge in [0, 0.05) is 44.4 Å². The Bertz CT molecular complexity index is 3110. The van der Waals surface area contributed by atoms with Gasteiger partial charge in [-0.2, -0.15) is 11.8 Å². The Balaban J connectivity index is 0.00000901. The predicted molar refractivity (Wildman–Crippen MR) is 312 cm³/mol. The second-order valence-corrected chi connectivity index (χ2v) is 28.2. The normalized spacial score (nSPS) is 33.1. The van der Waals surface area contributed by atoms with E-state index in [0.29, 0.717) is 24.6 Å². The average molecular weight is 1630 g/mol. The topological polar surface area (TPSA) is 666 Å². The summed E-state index contributed by atoms with van der Waals surface area (Å²) in [6.07, 6.45) is -38.7. The number of ether oxygens (including phenoxy) is 11. The number of amides is 6. The third kappa shape index (κ3) is 33.9. The fourth-order valence-corrected chi connectivity index (χ4v) is 13.6. The number of hydrogen-bond acceptors (Lipinski definition) is 40. The molecule has 45 nitrogen and oxygen atoms in total. The zero-order chi connectivity index (χ0) is 73.2. The van der Waals surface area contributed by atoms with E-state index in [9.17, 15) is 112 Å². The number of aliphatic hydroxyl groups is 7. The second kappa shape index (κ2) is 47.1. The largest absolute Gasteiger partial charge is 1.00 e. The first-order valence-electron chi connectivity index (χ1n) is 30.2. The number of thioether (sulfide) groups is 1. The molecule has 0 aromatic heterocycles. The van der Waals surface area contributed by atoms with Crippen molar-refractivity contribution < 1.29 is 299 Å². The quantitative estimate of drug-likeness (QED) is 0.00889. The number of urea groups is 1. The summed E-state index contributed by atoms with van der Waals surface area (Å²) in [5.74, 6) is -1.81. The van der Waals surface area contributed by atoms with E-state index in [1.54, 1.807) is 0 Å². The van der Waals surface area contributed by atoms with Crippen molar-refractivity contribution in [2.24, 2.45) is 0 Å². The maximum atomic E-state index is 12.7. The van der Waals surface area contributed by atoms with Crippen LogP contribution in [0.3, 0.4) is 0 Å². The molecule has 0 aromatic carbocycles. The van der Waals surface area contributed by atoms with Crippen LogP contribution in [0.2, 0.25) is 0 Å². The molecule has 0 aromatic rings. The summed E-state index contributed by atoms with van der Waals surface area (Å²) in [4.78, 5) is 61.6. The molecule has 54 heteroatoms. The summed E-state index contributed by atoms with van der Waals surface area (Å²) in [5.41, 5.74) is 0. The van der Waals surface area contributed by atoms with E-state index in [2.05, 4.69) is 48.6 Å². The number of hydrogen-bond donors (Lipinski definition) is 13. The summed E-state index contributed by atoms with van der Waals surface area (Å²) in [5, 5.41) is 95.0. The summed E-state index contributed by atoms with van der Waals surface area (Å²) < 4.78 is 218. The van der Waals surface area contributed by atoms with Crippen molar-refractivity contribution in [1.82, 2.24) is 31.9 Å². The van der Waals surface area contributed by atoms with Gasteiger partial charge >= 0.3 is 124 Å². The Kier molecular flexibility index (Phi) is 45.4. The molecule has 6 amide bonds. The van der Waals surface area contributed by atoms with Crippen molar-refractivity contribution in [1.29, 1.82) is 0 Å². The van der Waals surface area contributed by atoms with Gasteiger partial charge in [0.05, 0.1) is 78.2 Å². The molecule has 103 heavy (non-hydrogen) atoms. The van der Waals surface area contributed by atoms with Gasteiger partial charge < -0.3 is 138 Å². The minimum Gasteiger partial charge on any atom is -0.726 e. The smallest absolute Gasteiger partial charge is 0.726 e. The molecule has 0 saturated carbocycles. The Hall–Kier alpha value is 0.260. The van der Waals surface area contributed by atoms with Crippen molar-refractivity contribution >= 4 is 83.0 Å². The van der Waals surface area contributed by atoms with Crippen LogP contribution in [0.15, 0.2) is 0 Å². The first-order chi connectivity index (χ1) is 46.4. The summed E-state index contributed by atoms with van der Waals surface area (Å²) in [6.45, 7) is -3.80. The Labute approximate surface area is 684 Å². The van der Waals surface area contributed by atoms with E-state index in [-0.39, 0.29) is 195 Å². The monoisotopic (exact) mass is 1630 g/mol. The van der Waals surface area contributed by atoms with Gasteiger partial charge in [-0.05, 0) is 19.3 Å². The van der Waals surface area contributed by atoms with Crippen LogP contribution in [0.1, 0.15) is 46.0 Å². The van der Waals surface area contributed by atoms with Crippen molar-refractivity contribution in [2.45, 2.75) is 186 Å². The van der Waals surface area contributed by atoms with Crippen LogP contribution in [-0.4, -0.2) is 349 Å². The zero-order valence-electron chi connectivity index (χ0n) is 56.4. The molecular weight excluding hydrogens is 1550 g/mol. The molecule has 0 radical (unpaired) electrons. The molecule has 23 atom stereocenters. The third-order valence-electron chi connectivity index (χ3n) is 15.3. The van der Waals surface area contributed by atoms with Crippen LogP contribution in [0.5, 0.6) is 0 Å². The summed E-state index contributed by atoms with van der Waals surface area (Å²) >= 11 is 1.82. The predicted octanol–water partition coefficient (Wildman–Crippen LogP) is -23.1. The molecule has 23 unspecified atom stereocenters. The van der Waals surface area contributed by atoms with Crippen molar-refractivity contribution in [3.05, 3.63) is 0 Å². The van der Waals surface area contributed by atoms with E-state index < -0.39 is 215 Å².